The molecule has 1 heterocycles. The van der Waals surface area contributed by atoms with Gasteiger partial charge in [-0.3, -0.25) is 0 Å². The van der Waals surface area contributed by atoms with Gasteiger partial charge in [-0.15, -0.1) is 0 Å². The van der Waals surface area contributed by atoms with Gasteiger partial charge in [0.25, 0.3) is 0 Å². The molecular weight excluding hydrogens is 384 g/mol. The van der Waals surface area contributed by atoms with Gasteiger partial charge >= 0.3 is 5.97 Å². The van der Waals surface area contributed by atoms with Gasteiger partial charge in [0, 0.05) is 16.1 Å². The van der Waals surface area contributed by atoms with Gasteiger partial charge in [-0.1, -0.05) is 29.8 Å². The van der Waals surface area contributed by atoms with Crippen molar-refractivity contribution in [2.45, 2.75) is 20.1 Å². The number of ether oxygens (including phenoxy) is 5. The molecular formula is C21H21ClO6. The molecule has 1 aliphatic rings. The van der Waals surface area contributed by atoms with Crippen LogP contribution in [0, 0.1) is 0 Å². The number of hydrogen-bond acceptors (Lipinski definition) is 6. The fraction of sp³-hybridized carbons (Fsp3) is 0.286. The van der Waals surface area contributed by atoms with E-state index in [1.165, 1.54) is 0 Å². The summed E-state index contributed by atoms with van der Waals surface area (Å²) < 4.78 is 26.9. The van der Waals surface area contributed by atoms with Crippen LogP contribution in [0.2, 0.25) is 5.02 Å². The molecule has 0 amide bonds. The Kier molecular flexibility index (Phi) is 6.79. The topological polar surface area (TPSA) is 63.2 Å². The molecule has 0 unspecified atom stereocenters. The van der Waals surface area contributed by atoms with Gasteiger partial charge in [0.2, 0.25) is 0 Å². The maximum atomic E-state index is 12.1. The summed E-state index contributed by atoms with van der Waals surface area (Å²) in [7, 11) is 1.55. The Morgan fingerprint density at radius 2 is 2.11 bits per heavy atom. The van der Waals surface area contributed by atoms with Crippen LogP contribution >= 0.6 is 11.6 Å². The fourth-order valence-electron chi connectivity index (χ4n) is 2.80. The first-order valence-electron chi connectivity index (χ1n) is 8.71. The summed E-state index contributed by atoms with van der Waals surface area (Å²) in [6.45, 7) is 2.28. The number of halogens is 1. The van der Waals surface area contributed by atoms with Gasteiger partial charge in [-0.25, -0.2) is 4.79 Å². The summed E-state index contributed by atoms with van der Waals surface area (Å²) in [4.78, 5) is 12.1. The predicted octanol–water partition coefficient (Wildman–Crippen LogP) is 4.37. The molecule has 0 aromatic heterocycles. The first-order valence-corrected chi connectivity index (χ1v) is 9.09. The lowest BCUT2D eigenvalue weighted by molar-refractivity contribution is -0.147. The zero-order valence-electron chi connectivity index (χ0n) is 15.7. The lowest BCUT2D eigenvalue weighted by Gasteiger charge is -2.21. The molecule has 6 nitrogen and oxygen atoms in total. The molecule has 0 saturated carbocycles. The van der Waals surface area contributed by atoms with Crippen molar-refractivity contribution in [3.63, 3.8) is 0 Å². The van der Waals surface area contributed by atoms with Crippen LogP contribution in [0.1, 0.15) is 23.6 Å². The van der Waals surface area contributed by atoms with E-state index in [2.05, 4.69) is 0 Å². The van der Waals surface area contributed by atoms with Crippen LogP contribution in [0.4, 0.5) is 0 Å². The Balaban J connectivity index is 1.59. The van der Waals surface area contributed by atoms with Crippen LogP contribution in [-0.2, 0) is 27.5 Å². The molecule has 28 heavy (non-hydrogen) atoms. The molecule has 148 valence electrons. The molecule has 0 fully saturated rings. The number of fused-ring (bicyclic) bond motifs is 1. The van der Waals surface area contributed by atoms with Crippen LogP contribution in [0.3, 0.4) is 0 Å². The van der Waals surface area contributed by atoms with Gasteiger partial charge in [-0.2, -0.15) is 0 Å². The molecule has 0 spiro atoms. The first-order chi connectivity index (χ1) is 13.6. The standard InChI is InChI=1S/C21H21ClO6/c1-3-4-14-5-6-18(19(7-14)24-2)26-12-20(23)27-11-16-9-17(22)8-15-10-25-13-28-21(15)16/h3-9H,10-13H2,1-2H3/b4-3+. The Bertz CT molecular complexity index is 877. The van der Waals surface area contributed by atoms with E-state index in [0.29, 0.717) is 34.4 Å². The van der Waals surface area contributed by atoms with E-state index in [9.17, 15) is 4.79 Å². The zero-order chi connectivity index (χ0) is 19.9. The number of rotatable bonds is 7. The van der Waals surface area contributed by atoms with Crippen molar-refractivity contribution in [2.24, 2.45) is 0 Å². The molecule has 0 radical (unpaired) electrons. The van der Waals surface area contributed by atoms with Crippen molar-refractivity contribution in [3.05, 3.63) is 58.1 Å². The average molecular weight is 405 g/mol. The second kappa shape index (κ2) is 9.48. The molecule has 3 rings (SSSR count). The van der Waals surface area contributed by atoms with Crippen molar-refractivity contribution < 1.29 is 28.5 Å². The number of carbonyl (C=O) groups is 1. The summed E-state index contributed by atoms with van der Waals surface area (Å²) in [5, 5.41) is 0.529. The van der Waals surface area contributed by atoms with Gasteiger partial charge in [0.15, 0.2) is 24.9 Å². The number of methoxy groups -OCH3 is 1. The van der Waals surface area contributed by atoms with Crippen LogP contribution in [0.5, 0.6) is 17.2 Å². The summed E-state index contributed by atoms with van der Waals surface area (Å²) in [5.41, 5.74) is 2.49. The van der Waals surface area contributed by atoms with E-state index in [4.69, 9.17) is 35.3 Å². The monoisotopic (exact) mass is 404 g/mol. The highest BCUT2D eigenvalue weighted by atomic mass is 35.5. The van der Waals surface area contributed by atoms with Crippen molar-refractivity contribution in [3.8, 4) is 17.2 Å². The molecule has 0 N–H and O–H groups in total. The number of allylic oxidation sites excluding steroid dienone is 1. The quantitative estimate of drug-likeness (QED) is 0.638. The van der Waals surface area contributed by atoms with E-state index in [-0.39, 0.29) is 20.0 Å². The van der Waals surface area contributed by atoms with Crippen molar-refractivity contribution in [2.75, 3.05) is 20.5 Å². The van der Waals surface area contributed by atoms with Crippen LogP contribution < -0.4 is 14.2 Å². The van der Waals surface area contributed by atoms with Gasteiger partial charge < -0.3 is 23.7 Å². The van der Waals surface area contributed by atoms with E-state index in [0.717, 1.165) is 11.1 Å². The minimum absolute atomic E-state index is 0.0302. The Hall–Kier alpha value is -2.70. The van der Waals surface area contributed by atoms with Crippen molar-refractivity contribution >= 4 is 23.6 Å². The summed E-state index contributed by atoms with van der Waals surface area (Å²) in [6.07, 6.45) is 3.87. The Morgan fingerprint density at radius 3 is 2.89 bits per heavy atom. The third-order valence-electron chi connectivity index (χ3n) is 4.03. The number of hydrogen-bond donors (Lipinski definition) is 0. The van der Waals surface area contributed by atoms with Crippen LogP contribution in [0.15, 0.2) is 36.4 Å². The number of carbonyl (C=O) groups excluding carboxylic acids is 1. The minimum atomic E-state index is -0.514. The first kappa shape index (κ1) is 20.0. The second-order valence-electron chi connectivity index (χ2n) is 6.02. The summed E-state index contributed by atoms with van der Waals surface area (Å²) in [5.74, 6) is 1.14. The maximum Gasteiger partial charge on any atom is 0.344 e. The van der Waals surface area contributed by atoms with Gasteiger partial charge in [-0.05, 0) is 36.8 Å². The Morgan fingerprint density at radius 1 is 1.25 bits per heavy atom. The molecule has 0 bridgehead atoms. The normalized spacial score (nSPS) is 13.0. The number of benzene rings is 2. The van der Waals surface area contributed by atoms with E-state index in [1.54, 1.807) is 25.3 Å². The number of esters is 1. The third-order valence-corrected chi connectivity index (χ3v) is 4.25. The smallest absolute Gasteiger partial charge is 0.344 e. The predicted molar refractivity (Wildman–Crippen MR) is 105 cm³/mol. The zero-order valence-corrected chi connectivity index (χ0v) is 16.5. The highest BCUT2D eigenvalue weighted by Crippen LogP contribution is 2.32. The third kappa shape index (κ3) is 4.97. The molecule has 2 aromatic rings. The average Bonchev–Trinajstić information content (AvgIpc) is 2.71. The Labute approximate surface area is 168 Å². The van der Waals surface area contributed by atoms with Gasteiger partial charge in [0.1, 0.15) is 12.4 Å². The highest BCUT2D eigenvalue weighted by molar-refractivity contribution is 6.30. The minimum Gasteiger partial charge on any atom is -0.493 e. The molecule has 2 aromatic carbocycles. The molecule has 7 heteroatoms. The lowest BCUT2D eigenvalue weighted by Crippen LogP contribution is -2.17. The van der Waals surface area contributed by atoms with Gasteiger partial charge in [0.05, 0.1) is 13.7 Å². The van der Waals surface area contributed by atoms with Crippen LogP contribution in [0.25, 0.3) is 6.08 Å². The summed E-state index contributed by atoms with van der Waals surface area (Å²) in [6, 6.07) is 8.94. The fourth-order valence-corrected chi connectivity index (χ4v) is 3.06. The summed E-state index contributed by atoms with van der Waals surface area (Å²) >= 11 is 6.11. The second-order valence-corrected chi connectivity index (χ2v) is 6.46. The van der Waals surface area contributed by atoms with E-state index >= 15 is 0 Å². The maximum absolute atomic E-state index is 12.1. The van der Waals surface area contributed by atoms with E-state index in [1.807, 2.05) is 31.2 Å². The largest absolute Gasteiger partial charge is 0.493 e. The molecule has 1 aliphatic heterocycles. The molecule has 0 aliphatic carbocycles. The van der Waals surface area contributed by atoms with Crippen molar-refractivity contribution in [1.82, 2.24) is 0 Å². The van der Waals surface area contributed by atoms with E-state index < -0.39 is 5.97 Å². The van der Waals surface area contributed by atoms with Crippen LogP contribution in [-0.4, -0.2) is 26.5 Å². The SMILES string of the molecule is C/C=C/c1ccc(OCC(=O)OCc2cc(Cl)cc3c2OCOC3)c(OC)c1. The lowest BCUT2D eigenvalue weighted by atomic mass is 10.1. The molecule has 0 saturated heterocycles. The van der Waals surface area contributed by atoms with Crippen molar-refractivity contribution in [1.29, 1.82) is 0 Å². The molecule has 0 atom stereocenters. The highest BCUT2D eigenvalue weighted by Gasteiger charge is 2.18.